The van der Waals surface area contributed by atoms with E-state index in [0.29, 0.717) is 6.04 Å². The van der Waals surface area contributed by atoms with E-state index in [9.17, 15) is 0 Å². The Morgan fingerprint density at radius 1 is 0.833 bits per heavy atom. The number of piperazine rings is 1. The van der Waals surface area contributed by atoms with Crippen molar-refractivity contribution in [2.45, 2.75) is 28.7 Å². The number of benzene rings is 3. The molecular formula is C26H27ClN2S. The Labute approximate surface area is 188 Å². The standard InChI is InChI=1S/C26H27ClN2S/c27-22-10-11-26-23(19-22)24(18-21-8-4-5-9-25(21)30-26)29-16-14-28(15-17-29)13-12-20-6-2-1-3-7-20/h1-11,19,24H,12-18H2. The Morgan fingerprint density at radius 3 is 2.43 bits per heavy atom. The monoisotopic (exact) mass is 434 g/mol. The minimum absolute atomic E-state index is 0.395. The van der Waals surface area contributed by atoms with Gasteiger partial charge in [-0.2, -0.15) is 0 Å². The highest BCUT2D eigenvalue weighted by Crippen LogP contribution is 2.43. The summed E-state index contributed by atoms with van der Waals surface area (Å²) in [6.45, 7) is 5.63. The number of hydrogen-bond donors (Lipinski definition) is 0. The van der Waals surface area contributed by atoms with Gasteiger partial charge in [-0.25, -0.2) is 0 Å². The van der Waals surface area contributed by atoms with Crippen LogP contribution in [0.5, 0.6) is 0 Å². The van der Waals surface area contributed by atoms with Gasteiger partial charge in [-0.3, -0.25) is 4.90 Å². The molecule has 1 unspecified atom stereocenters. The van der Waals surface area contributed by atoms with Crippen molar-refractivity contribution in [3.8, 4) is 0 Å². The van der Waals surface area contributed by atoms with E-state index in [1.54, 1.807) is 0 Å². The quantitative estimate of drug-likeness (QED) is 0.501. The van der Waals surface area contributed by atoms with E-state index in [-0.39, 0.29) is 0 Å². The molecule has 0 aliphatic carbocycles. The van der Waals surface area contributed by atoms with E-state index in [0.717, 1.165) is 50.6 Å². The van der Waals surface area contributed by atoms with Crippen LogP contribution < -0.4 is 0 Å². The number of halogens is 1. The molecule has 30 heavy (non-hydrogen) atoms. The van der Waals surface area contributed by atoms with E-state index >= 15 is 0 Å². The molecule has 2 heterocycles. The maximum absolute atomic E-state index is 6.43. The Hall–Kier alpha value is -1.78. The van der Waals surface area contributed by atoms with Gasteiger partial charge in [0, 0.05) is 53.6 Å². The SMILES string of the molecule is Clc1ccc2c(c1)C(N1CCN(CCc3ccccc3)CC1)Cc1ccccc1S2. The Balaban J connectivity index is 1.31. The Bertz CT molecular complexity index is 999. The molecule has 2 aliphatic rings. The van der Waals surface area contributed by atoms with E-state index in [1.165, 1.54) is 26.5 Å². The lowest BCUT2D eigenvalue weighted by atomic mass is 9.96. The number of nitrogens with zero attached hydrogens (tertiary/aromatic N) is 2. The topological polar surface area (TPSA) is 6.48 Å². The molecule has 0 saturated carbocycles. The summed E-state index contributed by atoms with van der Waals surface area (Å²) in [5.74, 6) is 0. The lowest BCUT2D eigenvalue weighted by Crippen LogP contribution is -2.48. The van der Waals surface area contributed by atoms with Crippen LogP contribution >= 0.6 is 23.4 Å². The predicted octanol–water partition coefficient (Wildman–Crippen LogP) is 5.95. The summed E-state index contributed by atoms with van der Waals surface area (Å²) in [4.78, 5) is 8.02. The van der Waals surface area contributed by atoms with Crippen LogP contribution in [0.3, 0.4) is 0 Å². The van der Waals surface area contributed by atoms with Crippen molar-refractivity contribution in [3.05, 3.63) is 94.5 Å². The molecule has 0 aromatic heterocycles. The highest BCUT2D eigenvalue weighted by molar-refractivity contribution is 7.99. The summed E-state index contributed by atoms with van der Waals surface area (Å²) in [5, 5.41) is 0.840. The van der Waals surface area contributed by atoms with Crippen LogP contribution in [0.15, 0.2) is 82.6 Å². The zero-order valence-electron chi connectivity index (χ0n) is 17.1. The van der Waals surface area contributed by atoms with Crippen LogP contribution in [0.1, 0.15) is 22.7 Å². The van der Waals surface area contributed by atoms with Crippen LogP contribution in [0.4, 0.5) is 0 Å². The summed E-state index contributed by atoms with van der Waals surface area (Å²) in [7, 11) is 0. The number of fused-ring (bicyclic) bond motifs is 2. The summed E-state index contributed by atoms with van der Waals surface area (Å²) >= 11 is 8.32. The second kappa shape index (κ2) is 9.15. The highest BCUT2D eigenvalue weighted by atomic mass is 35.5. The summed E-state index contributed by atoms with van der Waals surface area (Å²) in [5.41, 5.74) is 4.27. The Kier molecular flexibility index (Phi) is 6.14. The van der Waals surface area contributed by atoms with Crippen molar-refractivity contribution < 1.29 is 0 Å². The van der Waals surface area contributed by atoms with E-state index in [4.69, 9.17) is 11.6 Å². The Morgan fingerprint density at radius 2 is 1.60 bits per heavy atom. The zero-order chi connectivity index (χ0) is 20.3. The fraction of sp³-hybridized carbons (Fsp3) is 0.308. The zero-order valence-corrected chi connectivity index (χ0v) is 18.7. The molecule has 0 spiro atoms. The summed E-state index contributed by atoms with van der Waals surface area (Å²) in [6.07, 6.45) is 2.19. The molecule has 0 N–H and O–H groups in total. The highest BCUT2D eigenvalue weighted by Gasteiger charge is 2.30. The van der Waals surface area contributed by atoms with Gasteiger partial charge in [-0.05, 0) is 53.8 Å². The van der Waals surface area contributed by atoms with Crippen molar-refractivity contribution in [1.29, 1.82) is 0 Å². The number of rotatable bonds is 4. The molecule has 1 fully saturated rings. The molecule has 1 saturated heterocycles. The fourth-order valence-corrected chi connectivity index (χ4v) is 5.93. The van der Waals surface area contributed by atoms with Crippen molar-refractivity contribution >= 4 is 23.4 Å². The number of hydrogen-bond acceptors (Lipinski definition) is 3. The van der Waals surface area contributed by atoms with Crippen molar-refractivity contribution in [2.24, 2.45) is 0 Å². The van der Waals surface area contributed by atoms with Gasteiger partial charge >= 0.3 is 0 Å². The van der Waals surface area contributed by atoms with Crippen LogP contribution in [0.25, 0.3) is 0 Å². The first-order valence-corrected chi connectivity index (χ1v) is 12.0. The van der Waals surface area contributed by atoms with Gasteiger partial charge < -0.3 is 4.90 Å². The molecule has 0 radical (unpaired) electrons. The van der Waals surface area contributed by atoms with Gasteiger partial charge in [0.05, 0.1) is 0 Å². The lowest BCUT2D eigenvalue weighted by molar-refractivity contribution is 0.0951. The minimum atomic E-state index is 0.395. The first kappa shape index (κ1) is 20.1. The predicted molar refractivity (Wildman–Crippen MR) is 127 cm³/mol. The maximum atomic E-state index is 6.43. The smallest absolute Gasteiger partial charge is 0.0410 e. The van der Waals surface area contributed by atoms with Gasteiger partial charge in [-0.15, -0.1) is 0 Å². The molecule has 4 heteroatoms. The molecule has 3 aromatic rings. The first-order chi connectivity index (χ1) is 14.8. The molecule has 0 bridgehead atoms. The van der Waals surface area contributed by atoms with Crippen LogP contribution in [0.2, 0.25) is 5.02 Å². The lowest BCUT2D eigenvalue weighted by Gasteiger charge is -2.39. The molecular weight excluding hydrogens is 408 g/mol. The second-order valence-corrected chi connectivity index (χ2v) is 9.75. The average Bonchev–Trinajstić information content (AvgIpc) is 2.95. The third kappa shape index (κ3) is 4.45. The van der Waals surface area contributed by atoms with E-state index < -0.39 is 0 Å². The van der Waals surface area contributed by atoms with Gasteiger partial charge in [0.1, 0.15) is 0 Å². The van der Waals surface area contributed by atoms with Gasteiger partial charge in [0.2, 0.25) is 0 Å². The summed E-state index contributed by atoms with van der Waals surface area (Å²) in [6, 6.07) is 26.5. The minimum Gasteiger partial charge on any atom is -0.300 e. The fourth-order valence-electron chi connectivity index (χ4n) is 4.64. The molecule has 2 nitrogen and oxygen atoms in total. The van der Waals surface area contributed by atoms with Crippen molar-refractivity contribution in [2.75, 3.05) is 32.7 Å². The molecule has 3 aromatic carbocycles. The normalized spacial score (nSPS) is 19.7. The van der Waals surface area contributed by atoms with Gasteiger partial charge in [-0.1, -0.05) is 71.9 Å². The van der Waals surface area contributed by atoms with Crippen LogP contribution in [0, 0.1) is 0 Å². The third-order valence-corrected chi connectivity index (χ3v) is 7.79. The average molecular weight is 435 g/mol. The van der Waals surface area contributed by atoms with Crippen LogP contribution in [-0.2, 0) is 12.8 Å². The van der Waals surface area contributed by atoms with Crippen molar-refractivity contribution in [1.82, 2.24) is 9.80 Å². The third-order valence-electron chi connectivity index (χ3n) is 6.34. The summed E-state index contributed by atoms with van der Waals surface area (Å²) < 4.78 is 0. The molecule has 2 aliphatic heterocycles. The first-order valence-electron chi connectivity index (χ1n) is 10.8. The van der Waals surface area contributed by atoms with Gasteiger partial charge in [0.15, 0.2) is 0 Å². The maximum Gasteiger partial charge on any atom is 0.0410 e. The van der Waals surface area contributed by atoms with Crippen LogP contribution in [-0.4, -0.2) is 42.5 Å². The molecule has 154 valence electrons. The molecule has 0 amide bonds. The second-order valence-electron chi connectivity index (χ2n) is 8.23. The van der Waals surface area contributed by atoms with E-state index in [2.05, 4.69) is 76.5 Å². The molecule has 5 rings (SSSR count). The largest absolute Gasteiger partial charge is 0.300 e. The van der Waals surface area contributed by atoms with E-state index in [1.807, 2.05) is 17.8 Å². The van der Waals surface area contributed by atoms with Gasteiger partial charge in [0.25, 0.3) is 0 Å². The van der Waals surface area contributed by atoms with Crippen molar-refractivity contribution in [3.63, 3.8) is 0 Å². The molecule has 1 atom stereocenters.